The van der Waals surface area contributed by atoms with Gasteiger partial charge in [0.05, 0.1) is 19.2 Å². The van der Waals surface area contributed by atoms with Crippen LogP contribution in [0.15, 0.2) is 29.3 Å². The zero-order chi connectivity index (χ0) is 22.1. The molecule has 0 radical (unpaired) electrons. The van der Waals surface area contributed by atoms with Crippen molar-refractivity contribution in [2.45, 2.75) is 45.6 Å². The van der Waals surface area contributed by atoms with Crippen molar-refractivity contribution in [1.82, 2.24) is 20.0 Å². The van der Waals surface area contributed by atoms with Crippen molar-refractivity contribution < 1.29 is 9.90 Å². The van der Waals surface area contributed by atoms with Gasteiger partial charge in [-0.2, -0.15) is 0 Å². The number of aliphatic hydroxyl groups is 1. The van der Waals surface area contributed by atoms with Gasteiger partial charge in [0.25, 0.3) is 0 Å². The third-order valence-corrected chi connectivity index (χ3v) is 6.20. The minimum atomic E-state index is -0.609. The van der Waals surface area contributed by atoms with E-state index in [1.807, 2.05) is 31.2 Å². The van der Waals surface area contributed by atoms with Gasteiger partial charge in [0.2, 0.25) is 5.91 Å². The largest absolute Gasteiger partial charge is 0.386 e. The number of aliphatic hydroxyl groups excluding tert-OH is 1. The van der Waals surface area contributed by atoms with Gasteiger partial charge in [-0.3, -0.25) is 14.7 Å². The summed E-state index contributed by atoms with van der Waals surface area (Å²) < 4.78 is 0. The van der Waals surface area contributed by atoms with Crippen molar-refractivity contribution in [3.05, 3.63) is 35.4 Å². The highest BCUT2D eigenvalue weighted by Crippen LogP contribution is 2.15. The Hall–Kier alpha value is -2.12. The lowest BCUT2D eigenvalue weighted by molar-refractivity contribution is -0.132. The Balaban J connectivity index is 1.49. The van der Waals surface area contributed by atoms with Gasteiger partial charge in [-0.05, 0) is 32.3 Å². The number of carbonyl (C=O) groups excluding carboxylic acids is 1. The zero-order valence-electron chi connectivity index (χ0n) is 19.2. The molecule has 2 fully saturated rings. The summed E-state index contributed by atoms with van der Waals surface area (Å²) in [6, 6.07) is 7.95. The summed E-state index contributed by atoms with van der Waals surface area (Å²) >= 11 is 0. The van der Waals surface area contributed by atoms with Crippen LogP contribution in [0.5, 0.6) is 0 Å². The number of nitrogens with zero attached hydrogens (tertiary/aromatic N) is 4. The van der Waals surface area contributed by atoms with Crippen LogP contribution in [0.3, 0.4) is 0 Å². The molecule has 0 aliphatic carbocycles. The fraction of sp³-hybridized carbons (Fsp3) is 0.667. The standard InChI is InChI=1S/C24H39N5O2/c1-3-25-24(26-18-22(30)21-10-8-20(2)9-11-21)29-16-14-27(15-17-29)19-23(31)28-12-6-4-5-7-13-28/h8-11,22,30H,3-7,12-19H2,1-2H3,(H,25,26). The van der Waals surface area contributed by atoms with Gasteiger partial charge in [0.15, 0.2) is 5.96 Å². The molecule has 0 spiro atoms. The summed E-state index contributed by atoms with van der Waals surface area (Å²) in [4.78, 5) is 23.9. The number of piperazine rings is 1. The SMILES string of the molecule is CCNC(=NCC(O)c1ccc(C)cc1)N1CCN(CC(=O)N2CCCCCC2)CC1. The molecule has 172 valence electrons. The lowest BCUT2D eigenvalue weighted by Crippen LogP contribution is -2.54. The van der Waals surface area contributed by atoms with E-state index in [4.69, 9.17) is 4.99 Å². The molecule has 2 N–H and O–H groups in total. The van der Waals surface area contributed by atoms with Gasteiger partial charge >= 0.3 is 0 Å². The first-order chi connectivity index (χ1) is 15.1. The zero-order valence-corrected chi connectivity index (χ0v) is 19.2. The van der Waals surface area contributed by atoms with Gasteiger partial charge < -0.3 is 20.2 Å². The van der Waals surface area contributed by atoms with E-state index in [9.17, 15) is 9.90 Å². The number of hydrogen-bond donors (Lipinski definition) is 2. The van der Waals surface area contributed by atoms with E-state index in [0.717, 1.165) is 70.2 Å². The number of aryl methyl sites for hydroxylation is 1. The monoisotopic (exact) mass is 429 g/mol. The van der Waals surface area contributed by atoms with E-state index in [1.165, 1.54) is 18.4 Å². The van der Waals surface area contributed by atoms with Crippen molar-refractivity contribution in [1.29, 1.82) is 0 Å². The molecule has 0 aromatic heterocycles. The third kappa shape index (κ3) is 7.21. The van der Waals surface area contributed by atoms with Crippen molar-refractivity contribution >= 4 is 11.9 Å². The first kappa shape index (κ1) is 23.5. The Labute approximate surface area is 187 Å². The molecule has 7 nitrogen and oxygen atoms in total. The normalized spacial score (nSPS) is 19.8. The fourth-order valence-electron chi connectivity index (χ4n) is 4.22. The number of likely N-dealkylation sites (tertiary alicyclic amines) is 1. The van der Waals surface area contributed by atoms with Gasteiger partial charge in [-0.1, -0.05) is 42.7 Å². The van der Waals surface area contributed by atoms with Gasteiger partial charge in [0, 0.05) is 45.8 Å². The van der Waals surface area contributed by atoms with Crippen LogP contribution in [0, 0.1) is 6.92 Å². The van der Waals surface area contributed by atoms with E-state index in [-0.39, 0.29) is 5.91 Å². The molecule has 1 atom stereocenters. The predicted octanol–water partition coefficient (Wildman–Crippen LogP) is 2.01. The number of hydrogen-bond acceptors (Lipinski definition) is 4. The number of aliphatic imine (C=N–C) groups is 1. The van der Waals surface area contributed by atoms with E-state index in [0.29, 0.717) is 13.1 Å². The molecule has 2 saturated heterocycles. The highest BCUT2D eigenvalue weighted by atomic mass is 16.3. The lowest BCUT2D eigenvalue weighted by Gasteiger charge is -2.37. The van der Waals surface area contributed by atoms with Gasteiger partial charge in [-0.25, -0.2) is 0 Å². The minimum absolute atomic E-state index is 0.275. The van der Waals surface area contributed by atoms with Crippen molar-refractivity contribution in [2.24, 2.45) is 4.99 Å². The summed E-state index contributed by atoms with van der Waals surface area (Å²) in [6.07, 6.45) is 4.15. The lowest BCUT2D eigenvalue weighted by atomic mass is 10.1. The average Bonchev–Trinajstić information content (AvgIpc) is 3.07. The second kappa shape index (κ2) is 12.1. The third-order valence-electron chi connectivity index (χ3n) is 6.20. The predicted molar refractivity (Wildman–Crippen MR) is 125 cm³/mol. The van der Waals surface area contributed by atoms with Gasteiger partial charge in [-0.15, -0.1) is 0 Å². The molecule has 2 aliphatic rings. The van der Waals surface area contributed by atoms with Crippen LogP contribution in [0.4, 0.5) is 0 Å². The number of rotatable bonds is 6. The highest BCUT2D eigenvalue weighted by molar-refractivity contribution is 5.80. The van der Waals surface area contributed by atoms with E-state index < -0.39 is 6.10 Å². The minimum Gasteiger partial charge on any atom is -0.386 e. The molecule has 1 amide bonds. The maximum absolute atomic E-state index is 12.7. The topological polar surface area (TPSA) is 71.4 Å². The molecule has 31 heavy (non-hydrogen) atoms. The van der Waals surface area contributed by atoms with E-state index in [2.05, 4.69) is 26.9 Å². The van der Waals surface area contributed by atoms with Crippen LogP contribution in [0.1, 0.15) is 49.8 Å². The van der Waals surface area contributed by atoms with Crippen LogP contribution in [0.25, 0.3) is 0 Å². The number of nitrogens with one attached hydrogen (secondary N) is 1. The van der Waals surface area contributed by atoms with Crippen LogP contribution in [-0.2, 0) is 4.79 Å². The Morgan fingerprint density at radius 1 is 1.00 bits per heavy atom. The highest BCUT2D eigenvalue weighted by Gasteiger charge is 2.24. The Morgan fingerprint density at radius 3 is 2.26 bits per heavy atom. The quantitative estimate of drug-likeness (QED) is 0.535. The molecular formula is C24H39N5O2. The second-order valence-corrected chi connectivity index (χ2v) is 8.68. The molecule has 7 heteroatoms. The average molecular weight is 430 g/mol. The van der Waals surface area contributed by atoms with Crippen LogP contribution < -0.4 is 5.32 Å². The summed E-state index contributed by atoms with van der Waals surface area (Å²) in [7, 11) is 0. The number of benzene rings is 1. The molecule has 1 aromatic rings. The number of carbonyl (C=O) groups is 1. The fourth-order valence-corrected chi connectivity index (χ4v) is 4.22. The Bertz CT molecular complexity index is 705. The van der Waals surface area contributed by atoms with E-state index in [1.54, 1.807) is 0 Å². The molecule has 3 rings (SSSR count). The smallest absolute Gasteiger partial charge is 0.236 e. The van der Waals surface area contributed by atoms with Crippen LogP contribution >= 0.6 is 0 Å². The first-order valence-corrected chi connectivity index (χ1v) is 11.8. The molecule has 1 unspecified atom stereocenters. The summed E-state index contributed by atoms with van der Waals surface area (Å²) in [5, 5.41) is 13.9. The molecule has 2 heterocycles. The van der Waals surface area contributed by atoms with Crippen molar-refractivity contribution in [2.75, 3.05) is 58.9 Å². The maximum atomic E-state index is 12.7. The summed E-state index contributed by atoms with van der Waals surface area (Å²) in [6.45, 7) is 10.9. The molecule has 0 bridgehead atoms. The molecule has 1 aromatic carbocycles. The van der Waals surface area contributed by atoms with Crippen molar-refractivity contribution in [3.8, 4) is 0 Å². The Kier molecular flexibility index (Phi) is 9.15. The summed E-state index contributed by atoms with van der Waals surface area (Å²) in [5.74, 6) is 1.12. The van der Waals surface area contributed by atoms with Crippen LogP contribution in [-0.4, -0.2) is 90.6 Å². The summed E-state index contributed by atoms with van der Waals surface area (Å²) in [5.41, 5.74) is 2.07. The van der Waals surface area contributed by atoms with Gasteiger partial charge in [0.1, 0.15) is 0 Å². The first-order valence-electron chi connectivity index (χ1n) is 11.8. The maximum Gasteiger partial charge on any atom is 0.236 e. The second-order valence-electron chi connectivity index (χ2n) is 8.68. The molecule has 2 aliphatic heterocycles. The van der Waals surface area contributed by atoms with E-state index >= 15 is 0 Å². The Morgan fingerprint density at radius 2 is 1.65 bits per heavy atom. The number of guanidine groups is 1. The molecule has 0 saturated carbocycles. The molecular weight excluding hydrogens is 390 g/mol. The number of amides is 1. The van der Waals surface area contributed by atoms with Crippen LogP contribution in [0.2, 0.25) is 0 Å². The van der Waals surface area contributed by atoms with Crippen molar-refractivity contribution in [3.63, 3.8) is 0 Å².